The molecule has 2 aliphatic rings. The summed E-state index contributed by atoms with van der Waals surface area (Å²) in [4.78, 5) is 0. The van der Waals surface area contributed by atoms with E-state index >= 15 is 0 Å². The van der Waals surface area contributed by atoms with Crippen molar-refractivity contribution in [3.8, 4) is 0 Å². The van der Waals surface area contributed by atoms with Gasteiger partial charge in [0.1, 0.15) is 0 Å². The second kappa shape index (κ2) is 7.00. The minimum Gasteiger partial charge on any atom is -0.384 e. The molecule has 0 heterocycles. The Bertz CT molecular complexity index is 322. The van der Waals surface area contributed by atoms with Gasteiger partial charge in [-0.05, 0) is 67.6 Å². The van der Waals surface area contributed by atoms with Crippen molar-refractivity contribution in [3.05, 3.63) is 6.92 Å². The van der Waals surface area contributed by atoms with Crippen LogP contribution in [-0.4, -0.2) is 26.9 Å². The highest BCUT2D eigenvalue weighted by Crippen LogP contribution is 2.54. The van der Waals surface area contributed by atoms with Crippen LogP contribution in [0.3, 0.4) is 0 Å². The first-order valence-electron chi connectivity index (χ1n) is 8.81. The number of rotatable bonds is 11. The standard InChI is InChI=1S/C19H35O2/c1-6-12-19(3,16-9-10-16)17(21-5)11-13-18(2,14-20-4)15-7-8-15/h15-17H,1,6-14H2,2-5H3. The fourth-order valence-corrected chi connectivity index (χ4v) is 4.43. The van der Waals surface area contributed by atoms with Crippen LogP contribution in [0.1, 0.15) is 65.2 Å². The Morgan fingerprint density at radius 2 is 1.67 bits per heavy atom. The van der Waals surface area contributed by atoms with E-state index < -0.39 is 0 Å². The maximum atomic E-state index is 5.97. The molecule has 2 saturated carbocycles. The zero-order valence-corrected chi connectivity index (χ0v) is 14.6. The predicted molar refractivity (Wildman–Crippen MR) is 88.2 cm³/mol. The Morgan fingerprint density at radius 3 is 2.10 bits per heavy atom. The van der Waals surface area contributed by atoms with Crippen molar-refractivity contribution in [1.82, 2.24) is 0 Å². The lowest BCUT2D eigenvalue weighted by molar-refractivity contribution is -0.0398. The summed E-state index contributed by atoms with van der Waals surface area (Å²) in [5.74, 6) is 1.73. The summed E-state index contributed by atoms with van der Waals surface area (Å²) in [5.41, 5.74) is 0.675. The molecule has 0 spiro atoms. The van der Waals surface area contributed by atoms with Crippen LogP contribution in [0.25, 0.3) is 0 Å². The molecule has 0 bridgehead atoms. The van der Waals surface area contributed by atoms with Gasteiger partial charge >= 0.3 is 0 Å². The Balaban J connectivity index is 1.97. The highest BCUT2D eigenvalue weighted by atomic mass is 16.5. The molecular formula is C19H35O2. The van der Waals surface area contributed by atoms with Gasteiger partial charge in [0.25, 0.3) is 0 Å². The molecule has 0 aromatic rings. The predicted octanol–water partition coefficient (Wildman–Crippen LogP) is 4.87. The monoisotopic (exact) mass is 295 g/mol. The van der Waals surface area contributed by atoms with Gasteiger partial charge in [-0.3, -0.25) is 0 Å². The molecule has 3 unspecified atom stereocenters. The van der Waals surface area contributed by atoms with Crippen LogP contribution in [0.4, 0.5) is 0 Å². The van der Waals surface area contributed by atoms with Gasteiger partial charge < -0.3 is 9.47 Å². The van der Waals surface area contributed by atoms with Crippen molar-refractivity contribution in [2.45, 2.75) is 71.3 Å². The van der Waals surface area contributed by atoms with Crippen molar-refractivity contribution >= 4 is 0 Å². The van der Waals surface area contributed by atoms with Gasteiger partial charge in [-0.1, -0.05) is 27.2 Å². The Hall–Kier alpha value is -0.0800. The van der Waals surface area contributed by atoms with E-state index in [-0.39, 0.29) is 0 Å². The number of ether oxygens (including phenoxy) is 2. The molecule has 0 amide bonds. The highest BCUT2D eigenvalue weighted by molar-refractivity contribution is 4.98. The maximum Gasteiger partial charge on any atom is 0.0627 e. The molecule has 0 aromatic carbocycles. The third kappa shape index (κ3) is 4.01. The lowest BCUT2D eigenvalue weighted by Crippen LogP contribution is -2.38. The molecule has 2 nitrogen and oxygen atoms in total. The lowest BCUT2D eigenvalue weighted by Gasteiger charge is -2.39. The summed E-state index contributed by atoms with van der Waals surface area (Å²) in [7, 11) is 3.74. The average molecular weight is 295 g/mol. The Kier molecular flexibility index (Phi) is 5.76. The molecule has 0 N–H and O–H groups in total. The van der Waals surface area contributed by atoms with E-state index in [0.29, 0.717) is 16.9 Å². The van der Waals surface area contributed by atoms with E-state index in [9.17, 15) is 0 Å². The second-order valence-corrected chi connectivity index (χ2v) is 8.01. The number of hydrogen-bond acceptors (Lipinski definition) is 2. The quantitative estimate of drug-likeness (QED) is 0.541. The van der Waals surface area contributed by atoms with Gasteiger partial charge in [-0.15, -0.1) is 0 Å². The summed E-state index contributed by atoms with van der Waals surface area (Å²) in [5, 5.41) is 0. The van der Waals surface area contributed by atoms with Crippen molar-refractivity contribution in [3.63, 3.8) is 0 Å². The molecule has 1 radical (unpaired) electrons. The van der Waals surface area contributed by atoms with Gasteiger partial charge in [0, 0.05) is 14.2 Å². The van der Waals surface area contributed by atoms with Gasteiger partial charge in [0.15, 0.2) is 0 Å². The van der Waals surface area contributed by atoms with E-state index in [1.54, 1.807) is 0 Å². The maximum absolute atomic E-state index is 5.97. The summed E-state index contributed by atoms with van der Waals surface area (Å²) < 4.78 is 11.5. The van der Waals surface area contributed by atoms with Gasteiger partial charge in [0.2, 0.25) is 0 Å². The van der Waals surface area contributed by atoms with Crippen LogP contribution in [0, 0.1) is 29.6 Å². The Labute approximate surface area is 132 Å². The molecule has 123 valence electrons. The lowest BCUT2D eigenvalue weighted by atomic mass is 9.71. The molecule has 0 aliphatic heterocycles. The van der Waals surface area contributed by atoms with Crippen LogP contribution >= 0.6 is 0 Å². The van der Waals surface area contributed by atoms with Gasteiger partial charge in [-0.25, -0.2) is 0 Å². The van der Waals surface area contributed by atoms with Crippen LogP contribution < -0.4 is 0 Å². The summed E-state index contributed by atoms with van der Waals surface area (Å²) in [6, 6.07) is 0. The SMILES string of the molecule is [CH2]CCC(C)(C1CC1)C(CCC(C)(COC)C1CC1)OC. The van der Waals surface area contributed by atoms with E-state index in [1.165, 1.54) is 44.9 Å². The van der Waals surface area contributed by atoms with E-state index in [4.69, 9.17) is 9.47 Å². The topological polar surface area (TPSA) is 18.5 Å². The molecular weight excluding hydrogens is 260 g/mol. The first-order chi connectivity index (χ1) is 10.00. The van der Waals surface area contributed by atoms with Crippen molar-refractivity contribution in [2.75, 3.05) is 20.8 Å². The molecule has 2 aliphatic carbocycles. The normalized spacial score (nSPS) is 26.1. The Morgan fingerprint density at radius 1 is 1.05 bits per heavy atom. The van der Waals surface area contributed by atoms with Crippen molar-refractivity contribution in [1.29, 1.82) is 0 Å². The van der Waals surface area contributed by atoms with Crippen LogP contribution in [-0.2, 0) is 9.47 Å². The third-order valence-electron chi connectivity index (χ3n) is 6.26. The van der Waals surface area contributed by atoms with E-state index in [0.717, 1.165) is 24.9 Å². The summed E-state index contributed by atoms with van der Waals surface area (Å²) >= 11 is 0. The van der Waals surface area contributed by atoms with Crippen molar-refractivity contribution < 1.29 is 9.47 Å². The first-order valence-corrected chi connectivity index (χ1v) is 8.81. The van der Waals surface area contributed by atoms with Crippen LogP contribution in [0.5, 0.6) is 0 Å². The third-order valence-corrected chi connectivity index (χ3v) is 6.26. The largest absolute Gasteiger partial charge is 0.384 e. The molecule has 2 fully saturated rings. The minimum absolute atomic E-state index is 0.327. The van der Waals surface area contributed by atoms with Gasteiger partial charge in [0.05, 0.1) is 12.7 Å². The number of methoxy groups -OCH3 is 2. The smallest absolute Gasteiger partial charge is 0.0627 e. The van der Waals surface area contributed by atoms with Crippen LogP contribution in [0.15, 0.2) is 0 Å². The average Bonchev–Trinajstić information content (AvgIpc) is 3.32. The van der Waals surface area contributed by atoms with Crippen molar-refractivity contribution in [2.24, 2.45) is 22.7 Å². The zero-order valence-electron chi connectivity index (χ0n) is 14.6. The molecule has 0 saturated heterocycles. The van der Waals surface area contributed by atoms with Gasteiger partial charge in [-0.2, -0.15) is 0 Å². The molecule has 0 aromatic heterocycles. The number of hydrogen-bond donors (Lipinski definition) is 0. The van der Waals surface area contributed by atoms with E-state index in [2.05, 4.69) is 20.8 Å². The molecule has 2 rings (SSSR count). The molecule has 21 heavy (non-hydrogen) atoms. The first kappa shape index (κ1) is 17.3. The van der Waals surface area contributed by atoms with Crippen LogP contribution in [0.2, 0.25) is 0 Å². The summed E-state index contributed by atoms with van der Waals surface area (Å²) in [6.07, 6.45) is 10.5. The minimum atomic E-state index is 0.327. The second-order valence-electron chi connectivity index (χ2n) is 8.01. The fourth-order valence-electron chi connectivity index (χ4n) is 4.43. The molecule has 3 atom stereocenters. The summed E-state index contributed by atoms with van der Waals surface area (Å²) in [6.45, 7) is 9.84. The molecule has 2 heteroatoms. The van der Waals surface area contributed by atoms with E-state index in [1.807, 2.05) is 14.2 Å². The zero-order chi connectivity index (χ0) is 15.5. The fraction of sp³-hybridized carbons (Fsp3) is 0.947. The highest BCUT2D eigenvalue weighted by Gasteiger charge is 2.48.